The standard InChI is InChI=1S/C5H7NOS.ClH/c1-4(7)5-2-8-3-6-5;/h2-4,7H,1H3;1H/t4-;/m1./s1. The Kier molecular flexibility index (Phi) is 3.77. The average molecular weight is 166 g/mol. The van der Waals surface area contributed by atoms with Crippen LogP contribution < -0.4 is 0 Å². The molecule has 0 aliphatic carbocycles. The van der Waals surface area contributed by atoms with E-state index in [4.69, 9.17) is 5.11 Å². The van der Waals surface area contributed by atoms with Crippen molar-refractivity contribution in [2.45, 2.75) is 13.0 Å². The summed E-state index contributed by atoms with van der Waals surface area (Å²) >= 11 is 1.50. The molecule has 0 aliphatic heterocycles. The molecule has 0 saturated carbocycles. The van der Waals surface area contributed by atoms with Crippen molar-refractivity contribution >= 4 is 23.7 Å². The van der Waals surface area contributed by atoms with Crippen LogP contribution in [-0.4, -0.2) is 10.1 Å². The highest BCUT2D eigenvalue weighted by Gasteiger charge is 1.99. The lowest BCUT2D eigenvalue weighted by atomic mass is 10.3. The maximum absolute atomic E-state index is 8.86. The van der Waals surface area contributed by atoms with Gasteiger partial charge in [-0.3, -0.25) is 0 Å². The highest BCUT2D eigenvalue weighted by atomic mass is 35.5. The van der Waals surface area contributed by atoms with Crippen LogP contribution in [0.3, 0.4) is 0 Å². The minimum atomic E-state index is -0.416. The number of aromatic nitrogens is 1. The minimum Gasteiger partial charge on any atom is -0.387 e. The largest absolute Gasteiger partial charge is 0.387 e. The van der Waals surface area contributed by atoms with E-state index in [2.05, 4.69) is 4.98 Å². The van der Waals surface area contributed by atoms with Crippen molar-refractivity contribution in [2.24, 2.45) is 0 Å². The molecule has 1 atom stereocenters. The van der Waals surface area contributed by atoms with E-state index in [0.717, 1.165) is 5.69 Å². The van der Waals surface area contributed by atoms with Gasteiger partial charge in [-0.2, -0.15) is 0 Å². The Morgan fingerprint density at radius 3 is 2.67 bits per heavy atom. The predicted octanol–water partition coefficient (Wildman–Crippen LogP) is 1.62. The summed E-state index contributed by atoms with van der Waals surface area (Å²) < 4.78 is 0. The number of thiazole rings is 1. The van der Waals surface area contributed by atoms with Crippen molar-refractivity contribution < 1.29 is 5.11 Å². The maximum atomic E-state index is 8.86. The molecule has 1 aromatic rings. The molecule has 0 spiro atoms. The lowest BCUT2D eigenvalue weighted by Gasteiger charge is -1.94. The summed E-state index contributed by atoms with van der Waals surface area (Å²) in [6.45, 7) is 1.70. The summed E-state index contributed by atoms with van der Waals surface area (Å²) in [4.78, 5) is 3.88. The van der Waals surface area contributed by atoms with E-state index in [0.29, 0.717) is 0 Å². The summed E-state index contributed by atoms with van der Waals surface area (Å²) in [5.74, 6) is 0. The van der Waals surface area contributed by atoms with Crippen LogP contribution in [0.4, 0.5) is 0 Å². The summed E-state index contributed by atoms with van der Waals surface area (Å²) in [5.41, 5.74) is 2.47. The molecule has 0 radical (unpaired) electrons. The number of aliphatic hydroxyl groups is 1. The summed E-state index contributed by atoms with van der Waals surface area (Å²) in [5, 5.41) is 10.7. The van der Waals surface area contributed by atoms with E-state index >= 15 is 0 Å². The normalized spacial score (nSPS) is 12.2. The molecule has 9 heavy (non-hydrogen) atoms. The summed E-state index contributed by atoms with van der Waals surface area (Å²) in [6.07, 6.45) is -0.416. The third kappa shape index (κ3) is 2.30. The molecule has 0 fully saturated rings. The monoisotopic (exact) mass is 165 g/mol. The maximum Gasteiger partial charge on any atom is 0.0940 e. The first kappa shape index (κ1) is 8.88. The van der Waals surface area contributed by atoms with Crippen LogP contribution in [0.1, 0.15) is 18.7 Å². The molecule has 1 N–H and O–H groups in total. The Morgan fingerprint density at radius 2 is 2.44 bits per heavy atom. The van der Waals surface area contributed by atoms with E-state index in [1.165, 1.54) is 11.3 Å². The second kappa shape index (κ2) is 3.82. The van der Waals surface area contributed by atoms with E-state index in [-0.39, 0.29) is 12.4 Å². The van der Waals surface area contributed by atoms with Gasteiger partial charge in [0.2, 0.25) is 0 Å². The fourth-order valence-corrected chi connectivity index (χ4v) is 1.07. The lowest BCUT2D eigenvalue weighted by Crippen LogP contribution is -1.88. The van der Waals surface area contributed by atoms with E-state index in [1.807, 2.05) is 5.38 Å². The highest BCUT2D eigenvalue weighted by molar-refractivity contribution is 7.07. The van der Waals surface area contributed by atoms with Crippen LogP contribution in [0.25, 0.3) is 0 Å². The molecule has 0 bridgehead atoms. The zero-order chi connectivity index (χ0) is 5.98. The second-order valence-corrected chi connectivity index (χ2v) is 2.31. The summed E-state index contributed by atoms with van der Waals surface area (Å²) in [7, 11) is 0. The molecule has 2 nitrogen and oxygen atoms in total. The Balaban J connectivity index is 0.000000640. The molecular weight excluding hydrogens is 158 g/mol. The highest BCUT2D eigenvalue weighted by Crippen LogP contribution is 2.09. The van der Waals surface area contributed by atoms with Gasteiger partial charge in [-0.1, -0.05) is 0 Å². The van der Waals surface area contributed by atoms with E-state index < -0.39 is 6.10 Å². The smallest absolute Gasteiger partial charge is 0.0940 e. The van der Waals surface area contributed by atoms with Crippen LogP contribution in [-0.2, 0) is 0 Å². The Morgan fingerprint density at radius 1 is 1.78 bits per heavy atom. The molecule has 1 aromatic heterocycles. The first-order valence-corrected chi connectivity index (χ1v) is 3.31. The third-order valence-electron chi connectivity index (χ3n) is 0.879. The first-order chi connectivity index (χ1) is 3.80. The van der Waals surface area contributed by atoms with E-state index in [9.17, 15) is 0 Å². The van der Waals surface area contributed by atoms with Crippen molar-refractivity contribution in [3.63, 3.8) is 0 Å². The number of hydrogen-bond donors (Lipinski definition) is 1. The Bertz CT molecular complexity index is 152. The minimum absolute atomic E-state index is 0. The van der Waals surface area contributed by atoms with Crippen LogP contribution in [0.2, 0.25) is 0 Å². The van der Waals surface area contributed by atoms with E-state index in [1.54, 1.807) is 12.4 Å². The second-order valence-electron chi connectivity index (χ2n) is 1.59. The molecule has 52 valence electrons. The van der Waals surface area contributed by atoms with Crippen LogP contribution in [0.5, 0.6) is 0 Å². The van der Waals surface area contributed by atoms with Crippen LogP contribution in [0.15, 0.2) is 10.9 Å². The summed E-state index contributed by atoms with van der Waals surface area (Å²) in [6, 6.07) is 0. The Hall–Kier alpha value is -0.120. The van der Waals surface area contributed by atoms with Gasteiger partial charge in [-0.15, -0.1) is 23.7 Å². The molecule has 0 amide bonds. The zero-order valence-electron chi connectivity index (χ0n) is 4.94. The van der Waals surface area contributed by atoms with Gasteiger partial charge < -0.3 is 5.11 Å². The quantitative estimate of drug-likeness (QED) is 0.686. The molecule has 1 heterocycles. The van der Waals surface area contributed by atoms with Gasteiger partial charge in [0, 0.05) is 5.38 Å². The topological polar surface area (TPSA) is 33.1 Å². The SMILES string of the molecule is C[C@@H](O)c1cscn1.Cl. The number of aliphatic hydroxyl groups excluding tert-OH is 1. The number of halogens is 1. The predicted molar refractivity (Wildman–Crippen MR) is 40.0 cm³/mol. The van der Waals surface area contributed by atoms with Crippen molar-refractivity contribution in [1.82, 2.24) is 4.98 Å². The fraction of sp³-hybridized carbons (Fsp3) is 0.400. The first-order valence-electron chi connectivity index (χ1n) is 2.37. The molecule has 0 aromatic carbocycles. The molecule has 0 unspecified atom stereocenters. The van der Waals surface area contributed by atoms with Crippen molar-refractivity contribution in [3.8, 4) is 0 Å². The van der Waals surface area contributed by atoms with Crippen LogP contribution in [0, 0.1) is 0 Å². The molecule has 4 heteroatoms. The average Bonchev–Trinajstić information content (AvgIpc) is 2.12. The van der Waals surface area contributed by atoms with Gasteiger partial charge in [0.25, 0.3) is 0 Å². The number of rotatable bonds is 1. The van der Waals surface area contributed by atoms with Crippen LogP contribution >= 0.6 is 23.7 Å². The van der Waals surface area contributed by atoms with Crippen molar-refractivity contribution in [3.05, 3.63) is 16.6 Å². The molecule has 1 rings (SSSR count). The number of hydrogen-bond acceptors (Lipinski definition) is 3. The zero-order valence-corrected chi connectivity index (χ0v) is 6.58. The molecule has 0 saturated heterocycles. The van der Waals surface area contributed by atoms with Gasteiger partial charge in [-0.05, 0) is 6.92 Å². The Labute approximate surface area is 64.0 Å². The van der Waals surface area contributed by atoms with Gasteiger partial charge in [0.1, 0.15) is 0 Å². The lowest BCUT2D eigenvalue weighted by molar-refractivity contribution is 0.195. The molecular formula is C5H8ClNOS. The third-order valence-corrected chi connectivity index (χ3v) is 1.48. The van der Waals surface area contributed by atoms with Gasteiger partial charge >= 0.3 is 0 Å². The van der Waals surface area contributed by atoms with Gasteiger partial charge in [-0.25, -0.2) is 4.98 Å². The van der Waals surface area contributed by atoms with Gasteiger partial charge in [0.05, 0.1) is 17.3 Å². The number of nitrogens with zero attached hydrogens (tertiary/aromatic N) is 1. The van der Waals surface area contributed by atoms with Crippen molar-refractivity contribution in [1.29, 1.82) is 0 Å². The van der Waals surface area contributed by atoms with Crippen molar-refractivity contribution in [2.75, 3.05) is 0 Å². The molecule has 0 aliphatic rings. The fourth-order valence-electron chi connectivity index (χ4n) is 0.428. The van der Waals surface area contributed by atoms with Gasteiger partial charge in [0.15, 0.2) is 0 Å².